The lowest BCUT2D eigenvalue weighted by Gasteiger charge is -2.08. The van der Waals surface area contributed by atoms with Crippen LogP contribution in [0.2, 0.25) is 5.02 Å². The summed E-state index contributed by atoms with van der Waals surface area (Å²) in [5.74, 6) is -0.825. The topological polar surface area (TPSA) is 78.4 Å². The maximum Gasteiger partial charge on any atom is 0.319 e. The summed E-state index contributed by atoms with van der Waals surface area (Å²) in [6, 6.07) is 4.76. The Morgan fingerprint density at radius 2 is 2.05 bits per heavy atom. The number of hydrogen-bond donors (Lipinski definition) is 3. The molecule has 0 fully saturated rings. The number of anilines is 1. The zero-order valence-electron chi connectivity index (χ0n) is 10.1. The largest absolute Gasteiger partial charge is 0.481 e. The lowest BCUT2D eigenvalue weighted by molar-refractivity contribution is -0.137. The molecule has 5 nitrogen and oxygen atoms in total. The number of urea groups is 1. The first-order valence-corrected chi connectivity index (χ1v) is 6.88. The van der Waals surface area contributed by atoms with Crippen molar-refractivity contribution in [1.82, 2.24) is 5.32 Å². The van der Waals surface area contributed by atoms with E-state index in [2.05, 4.69) is 26.6 Å². The van der Waals surface area contributed by atoms with Gasteiger partial charge in [-0.1, -0.05) is 11.6 Å². The second-order valence-electron chi connectivity index (χ2n) is 3.86. The minimum absolute atomic E-state index is 0.117. The first-order chi connectivity index (χ1) is 8.99. The van der Waals surface area contributed by atoms with E-state index in [1.165, 1.54) is 0 Å². The van der Waals surface area contributed by atoms with E-state index in [0.29, 0.717) is 30.1 Å². The van der Waals surface area contributed by atoms with Crippen LogP contribution < -0.4 is 10.6 Å². The van der Waals surface area contributed by atoms with Crippen molar-refractivity contribution in [1.29, 1.82) is 0 Å². The molecule has 2 amide bonds. The molecule has 1 aromatic rings. The van der Waals surface area contributed by atoms with Crippen LogP contribution in [-0.2, 0) is 4.79 Å². The third kappa shape index (κ3) is 6.45. The van der Waals surface area contributed by atoms with Crippen LogP contribution in [0.4, 0.5) is 10.5 Å². The average Bonchev–Trinajstić information content (AvgIpc) is 2.33. The zero-order valence-corrected chi connectivity index (χ0v) is 12.4. The normalized spacial score (nSPS) is 10.0. The Kier molecular flexibility index (Phi) is 6.66. The molecule has 0 aromatic heterocycles. The van der Waals surface area contributed by atoms with Gasteiger partial charge in [0.05, 0.1) is 5.02 Å². The third-order valence-electron chi connectivity index (χ3n) is 2.28. The van der Waals surface area contributed by atoms with E-state index in [9.17, 15) is 9.59 Å². The summed E-state index contributed by atoms with van der Waals surface area (Å²) in [5, 5.41) is 14.2. The van der Waals surface area contributed by atoms with Crippen molar-refractivity contribution in [3.8, 4) is 0 Å². The van der Waals surface area contributed by atoms with Gasteiger partial charge in [-0.15, -0.1) is 0 Å². The summed E-state index contributed by atoms with van der Waals surface area (Å²) in [6.45, 7) is 0.434. The van der Waals surface area contributed by atoms with Crippen molar-refractivity contribution in [3.05, 3.63) is 27.7 Å². The number of nitrogens with one attached hydrogen (secondary N) is 2. The highest BCUT2D eigenvalue weighted by atomic mass is 79.9. The third-order valence-corrected chi connectivity index (χ3v) is 3.51. The number of benzene rings is 1. The van der Waals surface area contributed by atoms with Crippen molar-refractivity contribution in [3.63, 3.8) is 0 Å². The predicted octanol–water partition coefficient (Wildman–Crippen LogP) is 3.48. The summed E-state index contributed by atoms with van der Waals surface area (Å²) in [4.78, 5) is 21.8. The molecule has 0 heterocycles. The fourth-order valence-electron chi connectivity index (χ4n) is 1.35. The lowest BCUT2D eigenvalue weighted by Crippen LogP contribution is -2.29. The van der Waals surface area contributed by atoms with Gasteiger partial charge in [0.25, 0.3) is 0 Å². The van der Waals surface area contributed by atoms with Crippen molar-refractivity contribution in [2.75, 3.05) is 11.9 Å². The monoisotopic (exact) mass is 348 g/mol. The van der Waals surface area contributed by atoms with Crippen LogP contribution in [0.15, 0.2) is 22.7 Å². The number of hydrogen-bond acceptors (Lipinski definition) is 2. The van der Waals surface area contributed by atoms with Crippen LogP contribution in [-0.4, -0.2) is 23.7 Å². The van der Waals surface area contributed by atoms with E-state index >= 15 is 0 Å². The molecule has 104 valence electrons. The van der Waals surface area contributed by atoms with Crippen LogP contribution in [0.25, 0.3) is 0 Å². The zero-order chi connectivity index (χ0) is 14.3. The Bertz CT molecular complexity index is 468. The van der Waals surface area contributed by atoms with Gasteiger partial charge in [-0.25, -0.2) is 4.79 Å². The molecule has 0 unspecified atom stereocenters. The smallest absolute Gasteiger partial charge is 0.319 e. The maximum atomic E-state index is 11.5. The fraction of sp³-hybridized carbons (Fsp3) is 0.333. The van der Waals surface area contributed by atoms with Gasteiger partial charge in [0.15, 0.2) is 0 Å². The molecule has 1 aromatic carbocycles. The van der Waals surface area contributed by atoms with Gasteiger partial charge in [0.2, 0.25) is 0 Å². The highest BCUT2D eigenvalue weighted by molar-refractivity contribution is 9.10. The molecule has 0 aliphatic carbocycles. The van der Waals surface area contributed by atoms with Crippen LogP contribution in [0.5, 0.6) is 0 Å². The van der Waals surface area contributed by atoms with Gasteiger partial charge >= 0.3 is 12.0 Å². The Labute approximate surface area is 124 Å². The van der Waals surface area contributed by atoms with E-state index in [4.69, 9.17) is 16.7 Å². The second kappa shape index (κ2) is 8.01. The SMILES string of the molecule is O=C(O)CCCCNC(=O)Nc1ccc(Br)c(Cl)c1. The quantitative estimate of drug-likeness (QED) is 0.688. The first kappa shape index (κ1) is 15.8. The molecule has 0 aliphatic rings. The van der Waals surface area contributed by atoms with Crippen LogP contribution >= 0.6 is 27.5 Å². The number of amides is 2. The number of halogens is 2. The number of carboxylic acids is 1. The molecule has 0 aliphatic heterocycles. The minimum atomic E-state index is -0.825. The Hall–Kier alpha value is -1.27. The standard InChI is InChI=1S/C12H14BrClN2O3/c13-9-5-4-8(7-10(9)14)16-12(19)15-6-2-1-3-11(17)18/h4-5,7H,1-3,6H2,(H,17,18)(H2,15,16,19). The fourth-order valence-corrected chi connectivity index (χ4v) is 1.78. The van der Waals surface area contributed by atoms with E-state index < -0.39 is 5.97 Å². The van der Waals surface area contributed by atoms with Gasteiger partial charge in [-0.2, -0.15) is 0 Å². The molecular weight excluding hydrogens is 336 g/mol. The predicted molar refractivity (Wildman–Crippen MR) is 77.7 cm³/mol. The lowest BCUT2D eigenvalue weighted by atomic mass is 10.2. The van der Waals surface area contributed by atoms with Gasteiger partial charge < -0.3 is 15.7 Å². The molecule has 0 saturated heterocycles. The van der Waals surface area contributed by atoms with Crippen molar-refractivity contribution in [2.45, 2.75) is 19.3 Å². The average molecular weight is 350 g/mol. The van der Waals surface area contributed by atoms with E-state index in [1.54, 1.807) is 18.2 Å². The Balaban J connectivity index is 2.27. The van der Waals surface area contributed by atoms with Gasteiger partial charge in [-0.05, 0) is 47.0 Å². The Morgan fingerprint density at radius 1 is 1.32 bits per heavy atom. The summed E-state index contributed by atoms with van der Waals surface area (Å²) in [7, 11) is 0. The van der Waals surface area contributed by atoms with Crippen LogP contribution in [0.3, 0.4) is 0 Å². The molecule has 7 heteroatoms. The molecule has 0 atom stereocenters. The van der Waals surface area contributed by atoms with Gasteiger partial charge in [-0.3, -0.25) is 4.79 Å². The summed E-state index contributed by atoms with van der Waals surface area (Å²) in [5.41, 5.74) is 0.594. The van der Waals surface area contributed by atoms with Crippen molar-refractivity contribution < 1.29 is 14.7 Å². The number of carboxylic acid groups (broad SMARTS) is 1. The summed E-state index contributed by atoms with van der Waals surface area (Å²) in [6.07, 6.45) is 1.28. The number of aliphatic carboxylic acids is 1. The number of rotatable bonds is 6. The second-order valence-corrected chi connectivity index (χ2v) is 5.12. The maximum absolute atomic E-state index is 11.5. The van der Waals surface area contributed by atoms with E-state index in [1.807, 2.05) is 0 Å². The molecule has 1 rings (SSSR count). The van der Waals surface area contributed by atoms with Crippen LogP contribution in [0.1, 0.15) is 19.3 Å². The molecule has 0 saturated carbocycles. The highest BCUT2D eigenvalue weighted by Gasteiger charge is 2.03. The number of unbranched alkanes of at least 4 members (excludes halogenated alkanes) is 1. The molecule has 19 heavy (non-hydrogen) atoms. The number of carbonyl (C=O) groups is 2. The first-order valence-electron chi connectivity index (χ1n) is 5.70. The minimum Gasteiger partial charge on any atom is -0.481 e. The van der Waals surface area contributed by atoms with Gasteiger partial charge in [0.1, 0.15) is 0 Å². The molecule has 0 radical (unpaired) electrons. The van der Waals surface area contributed by atoms with E-state index in [0.717, 1.165) is 4.47 Å². The van der Waals surface area contributed by atoms with Crippen molar-refractivity contribution in [2.24, 2.45) is 0 Å². The van der Waals surface area contributed by atoms with Crippen LogP contribution in [0, 0.1) is 0 Å². The Morgan fingerprint density at radius 3 is 2.68 bits per heavy atom. The molecule has 3 N–H and O–H groups in total. The number of carbonyl (C=O) groups excluding carboxylic acids is 1. The van der Waals surface area contributed by atoms with Gasteiger partial charge in [0, 0.05) is 23.1 Å². The van der Waals surface area contributed by atoms with E-state index in [-0.39, 0.29) is 12.5 Å². The molecule has 0 spiro atoms. The summed E-state index contributed by atoms with van der Waals surface area (Å²) < 4.78 is 0.758. The summed E-state index contributed by atoms with van der Waals surface area (Å²) >= 11 is 9.16. The van der Waals surface area contributed by atoms with Crippen molar-refractivity contribution >= 4 is 45.2 Å². The molecule has 0 bridgehead atoms. The molecular formula is C12H14BrClN2O3. The highest BCUT2D eigenvalue weighted by Crippen LogP contribution is 2.25.